The molecule has 9 atom stereocenters. The topological polar surface area (TPSA) is 110 Å². The maximum Gasteiger partial charge on any atom is 0.335 e. The fourth-order valence-corrected chi connectivity index (χ4v) is 15.3. The molecule has 0 spiro atoms. The zero-order chi connectivity index (χ0) is 36.1. The minimum absolute atomic E-state index is 0.0114. The maximum absolute atomic E-state index is 13.8. The first-order valence-electron chi connectivity index (χ1n) is 19.7. The van der Waals surface area contributed by atoms with Crippen LogP contribution in [0.4, 0.5) is 0 Å². The number of hydrogen-bond acceptors (Lipinski definition) is 5. The Hall–Kier alpha value is -1.87. The van der Waals surface area contributed by atoms with E-state index in [0.717, 1.165) is 31.2 Å². The van der Waals surface area contributed by atoms with Crippen LogP contribution in [0.3, 0.4) is 0 Å². The highest BCUT2D eigenvalue weighted by Gasteiger charge is 2.70. The fourth-order valence-electron chi connectivity index (χ4n) is 13.9. The number of nitrogens with one attached hydrogen (secondary N) is 1. The van der Waals surface area contributed by atoms with E-state index in [1.54, 1.807) is 12.1 Å². The molecule has 0 aromatic heterocycles. The SMILES string of the molecule is CC(C)[C@@H]1CC[C@]2(NC(=O)CN3CCS(O)(O)CC3)CC[C@]3(C)[C@H](CC[C@@H]4[C@@]5(C)CC=C(c6ccc(C(=O)O)cc6)C(C)(C)[C@@H]5CC[C@]43C)[C@@H]12. The van der Waals surface area contributed by atoms with E-state index in [4.69, 9.17) is 0 Å². The first-order chi connectivity index (χ1) is 23.4. The van der Waals surface area contributed by atoms with Crippen LogP contribution in [0.15, 0.2) is 30.3 Å². The van der Waals surface area contributed by atoms with E-state index >= 15 is 0 Å². The van der Waals surface area contributed by atoms with E-state index < -0.39 is 16.6 Å². The number of aromatic carboxylic acids is 1. The van der Waals surface area contributed by atoms with Gasteiger partial charge in [-0.3, -0.25) is 18.8 Å². The summed E-state index contributed by atoms with van der Waals surface area (Å²) >= 11 is 0. The summed E-state index contributed by atoms with van der Waals surface area (Å²) in [6, 6.07) is 7.54. The van der Waals surface area contributed by atoms with Crippen LogP contribution in [-0.4, -0.2) is 67.7 Å². The van der Waals surface area contributed by atoms with Gasteiger partial charge in [-0.2, -0.15) is 10.6 Å². The first-order valence-corrected chi connectivity index (χ1v) is 21.6. The Balaban J connectivity index is 1.16. The second-order valence-corrected chi connectivity index (χ2v) is 21.7. The Bertz CT molecular complexity index is 1530. The summed E-state index contributed by atoms with van der Waals surface area (Å²) in [5.41, 5.74) is 3.36. The summed E-state index contributed by atoms with van der Waals surface area (Å²) in [7, 11) is -2.48. The van der Waals surface area contributed by atoms with Crippen LogP contribution in [-0.2, 0) is 4.79 Å². The monoisotopic (exact) mass is 708 g/mol. The standard InChI is InChI=1S/C42H64N2O5S/c1-27(2)30-14-19-42(43-35(45)26-44-22-24-50(48,49)25-23-44)21-20-40(6)32(36(30)42)12-13-34-39(5)17-15-31(28-8-10-29(11-9-28)37(46)47)38(3,4)33(39)16-18-41(34,40)7/h8-11,15,27,30,32-34,36,48-49H,12-14,16-26H2,1-7H3,(H,43,45)(H,46,47)/t30-,32+,33-,34+,36+,39-,40+,41+,42-/m0/s1. The molecule has 1 heterocycles. The quantitative estimate of drug-likeness (QED) is 0.235. The zero-order valence-corrected chi connectivity index (χ0v) is 32.6. The Morgan fingerprint density at radius 2 is 1.56 bits per heavy atom. The van der Waals surface area contributed by atoms with Crippen LogP contribution in [0.1, 0.15) is 122 Å². The van der Waals surface area contributed by atoms with E-state index in [1.165, 1.54) is 37.7 Å². The minimum Gasteiger partial charge on any atom is -0.478 e. The molecular formula is C42H64N2O5S. The molecule has 8 heteroatoms. The number of fused-ring (bicyclic) bond motifs is 7. The average molecular weight is 709 g/mol. The second kappa shape index (κ2) is 12.3. The van der Waals surface area contributed by atoms with Crippen molar-refractivity contribution < 1.29 is 23.8 Å². The summed E-state index contributed by atoms with van der Waals surface area (Å²) in [5.74, 6) is 3.46. The molecule has 1 aromatic carbocycles. The van der Waals surface area contributed by atoms with Crippen LogP contribution in [0.2, 0.25) is 0 Å². The lowest BCUT2D eigenvalue weighted by molar-refractivity contribution is -0.221. The molecule has 4 saturated carbocycles. The summed E-state index contributed by atoms with van der Waals surface area (Å²) in [6.07, 6.45) is 13.0. The number of allylic oxidation sites excluding steroid dienone is 2. The van der Waals surface area contributed by atoms with Crippen molar-refractivity contribution in [1.29, 1.82) is 0 Å². The van der Waals surface area contributed by atoms with Crippen molar-refractivity contribution in [2.45, 2.75) is 112 Å². The molecule has 7 nitrogen and oxygen atoms in total. The molecule has 0 bridgehead atoms. The van der Waals surface area contributed by atoms with Crippen molar-refractivity contribution in [2.24, 2.45) is 57.2 Å². The fraction of sp³-hybridized carbons (Fsp3) is 0.762. The highest BCUT2D eigenvalue weighted by molar-refractivity contribution is 8.24. The molecular weight excluding hydrogens is 645 g/mol. The molecule has 1 saturated heterocycles. The molecule has 7 rings (SSSR count). The number of hydrogen-bond donors (Lipinski definition) is 4. The van der Waals surface area contributed by atoms with Gasteiger partial charge in [0, 0.05) is 18.6 Å². The third-order valence-corrected chi connectivity index (χ3v) is 18.3. The smallest absolute Gasteiger partial charge is 0.335 e. The Morgan fingerprint density at radius 1 is 0.880 bits per heavy atom. The van der Waals surface area contributed by atoms with Crippen LogP contribution in [0, 0.1) is 57.2 Å². The lowest BCUT2D eigenvalue weighted by Gasteiger charge is -2.72. The molecule has 5 aliphatic carbocycles. The molecule has 4 N–H and O–H groups in total. The Kier molecular flexibility index (Phi) is 9.01. The van der Waals surface area contributed by atoms with Gasteiger partial charge in [-0.1, -0.05) is 66.7 Å². The van der Waals surface area contributed by atoms with Crippen molar-refractivity contribution >= 4 is 28.0 Å². The zero-order valence-electron chi connectivity index (χ0n) is 31.8. The summed E-state index contributed by atoms with van der Waals surface area (Å²) in [4.78, 5) is 27.5. The predicted molar refractivity (Wildman–Crippen MR) is 203 cm³/mol. The highest BCUT2D eigenvalue weighted by atomic mass is 32.3. The van der Waals surface area contributed by atoms with Gasteiger partial charge in [0.1, 0.15) is 0 Å². The van der Waals surface area contributed by atoms with E-state index in [0.29, 0.717) is 72.2 Å². The number of carbonyl (C=O) groups is 2. The molecule has 6 aliphatic rings. The molecule has 278 valence electrons. The molecule has 0 radical (unpaired) electrons. The van der Waals surface area contributed by atoms with Crippen LogP contribution >= 0.6 is 10.6 Å². The Morgan fingerprint density at radius 3 is 2.20 bits per heavy atom. The normalized spacial score (nSPS) is 42.7. The van der Waals surface area contributed by atoms with Crippen LogP contribution in [0.25, 0.3) is 5.57 Å². The molecule has 1 amide bonds. The van der Waals surface area contributed by atoms with Crippen molar-refractivity contribution in [1.82, 2.24) is 10.2 Å². The molecule has 50 heavy (non-hydrogen) atoms. The van der Waals surface area contributed by atoms with Crippen LogP contribution in [0.5, 0.6) is 0 Å². The summed E-state index contributed by atoms with van der Waals surface area (Å²) in [5, 5.41) is 13.2. The van der Waals surface area contributed by atoms with Gasteiger partial charge in [-0.25, -0.2) is 4.79 Å². The number of benzene rings is 1. The molecule has 0 unspecified atom stereocenters. The van der Waals surface area contributed by atoms with E-state index in [9.17, 15) is 23.8 Å². The molecule has 5 fully saturated rings. The van der Waals surface area contributed by atoms with Gasteiger partial charge >= 0.3 is 5.97 Å². The van der Waals surface area contributed by atoms with Gasteiger partial charge in [0.25, 0.3) is 0 Å². The average Bonchev–Trinajstić information content (AvgIpc) is 3.42. The van der Waals surface area contributed by atoms with Gasteiger partial charge in [0.2, 0.25) is 5.91 Å². The van der Waals surface area contributed by atoms with Crippen molar-refractivity contribution in [3.63, 3.8) is 0 Å². The maximum atomic E-state index is 13.8. The summed E-state index contributed by atoms with van der Waals surface area (Å²) in [6.45, 7) is 19.2. The van der Waals surface area contributed by atoms with E-state index in [-0.39, 0.29) is 33.1 Å². The van der Waals surface area contributed by atoms with Gasteiger partial charge in [0.15, 0.2) is 0 Å². The number of nitrogens with zero attached hydrogens (tertiary/aromatic N) is 1. The third-order valence-electron chi connectivity index (χ3n) is 16.6. The van der Waals surface area contributed by atoms with Gasteiger partial charge in [0.05, 0.1) is 23.6 Å². The van der Waals surface area contributed by atoms with Gasteiger partial charge in [-0.15, -0.1) is 0 Å². The molecule has 1 aromatic rings. The van der Waals surface area contributed by atoms with Crippen molar-refractivity contribution in [3.8, 4) is 0 Å². The second-order valence-electron chi connectivity index (χ2n) is 19.3. The lowest BCUT2D eigenvalue weighted by atomic mass is 9.33. The number of carbonyl (C=O) groups excluding carboxylic acids is 1. The van der Waals surface area contributed by atoms with Gasteiger partial charge in [-0.05, 0) is 138 Å². The lowest BCUT2D eigenvalue weighted by Crippen LogP contribution is -2.68. The molecule has 1 aliphatic heterocycles. The minimum atomic E-state index is -2.48. The number of rotatable bonds is 6. The van der Waals surface area contributed by atoms with Crippen molar-refractivity contribution in [2.75, 3.05) is 31.1 Å². The van der Waals surface area contributed by atoms with Crippen molar-refractivity contribution in [3.05, 3.63) is 41.5 Å². The van der Waals surface area contributed by atoms with E-state index in [1.807, 2.05) is 12.1 Å². The number of carboxylic acids is 1. The van der Waals surface area contributed by atoms with E-state index in [2.05, 4.69) is 64.8 Å². The Labute approximate surface area is 302 Å². The first kappa shape index (κ1) is 36.5. The summed E-state index contributed by atoms with van der Waals surface area (Å²) < 4.78 is 20.2. The number of amides is 1. The van der Waals surface area contributed by atoms with Crippen LogP contribution < -0.4 is 5.32 Å². The number of carboxylic acid groups (broad SMARTS) is 1. The van der Waals surface area contributed by atoms with Gasteiger partial charge < -0.3 is 10.4 Å². The third kappa shape index (κ3) is 5.55. The highest BCUT2D eigenvalue weighted by Crippen LogP contribution is 2.76. The predicted octanol–water partition coefficient (Wildman–Crippen LogP) is 9.05. The largest absolute Gasteiger partial charge is 0.478 e.